The molecule has 1 aliphatic rings. The lowest BCUT2D eigenvalue weighted by atomic mass is 9.86. The van der Waals surface area contributed by atoms with Crippen LogP contribution in [0.25, 0.3) is 0 Å². The van der Waals surface area contributed by atoms with E-state index in [4.69, 9.17) is 14.7 Å². The normalized spacial score (nSPS) is 15.7. The Hall–Kier alpha value is -5.40. The Kier molecular flexibility index (Phi) is 9.14. The number of nitriles is 2. The quantitative estimate of drug-likeness (QED) is 0.333. The second-order valence-electron chi connectivity index (χ2n) is 9.67. The number of aryl methyl sites for hydroxylation is 2. The second kappa shape index (κ2) is 13.1. The minimum absolute atomic E-state index is 0.0763. The van der Waals surface area contributed by atoms with Gasteiger partial charge in [0, 0.05) is 17.6 Å². The van der Waals surface area contributed by atoms with E-state index in [9.17, 15) is 14.9 Å². The fraction of sp³-hybridized carbons (Fsp3) is 0.290. The van der Waals surface area contributed by atoms with Crippen molar-refractivity contribution in [2.45, 2.75) is 45.6 Å². The van der Waals surface area contributed by atoms with Crippen LogP contribution in [0, 0.1) is 54.3 Å². The van der Waals surface area contributed by atoms with Crippen LogP contribution in [0.1, 0.15) is 53.5 Å². The van der Waals surface area contributed by atoms with E-state index >= 15 is 0 Å². The Morgan fingerprint density at radius 3 is 2.24 bits per heavy atom. The molecule has 1 fully saturated rings. The van der Waals surface area contributed by atoms with Crippen LogP contribution in [-0.2, 0) is 14.3 Å². The number of benzene rings is 2. The second-order valence-corrected chi connectivity index (χ2v) is 9.67. The van der Waals surface area contributed by atoms with Crippen LogP contribution in [0.2, 0.25) is 0 Å². The van der Waals surface area contributed by atoms with E-state index in [1.165, 1.54) is 13.3 Å². The van der Waals surface area contributed by atoms with Gasteiger partial charge in [0.25, 0.3) is 5.91 Å². The molecule has 206 valence electrons. The van der Waals surface area contributed by atoms with Crippen molar-refractivity contribution in [3.8, 4) is 35.6 Å². The third kappa shape index (κ3) is 7.38. The summed E-state index contributed by atoms with van der Waals surface area (Å²) in [5.74, 6) is 5.49. The number of hydrogen-bond acceptors (Lipinski definition) is 9. The fourth-order valence-electron chi connectivity index (χ4n) is 4.61. The van der Waals surface area contributed by atoms with Crippen molar-refractivity contribution in [3.63, 3.8) is 0 Å². The highest BCUT2D eigenvalue weighted by Gasteiger charge is 2.27. The molecule has 10 heteroatoms. The van der Waals surface area contributed by atoms with Crippen LogP contribution in [0.5, 0.6) is 11.6 Å². The Balaban J connectivity index is 1.56. The van der Waals surface area contributed by atoms with Crippen molar-refractivity contribution < 1.29 is 19.1 Å². The number of hydrogen-bond donors (Lipinski definition) is 2. The maximum Gasteiger partial charge on any atom is 0.308 e. The molecule has 0 radical (unpaired) electrons. The Labute approximate surface area is 238 Å². The molecule has 1 saturated carbocycles. The summed E-state index contributed by atoms with van der Waals surface area (Å²) in [6, 6.07) is 14.4. The Morgan fingerprint density at radius 1 is 0.976 bits per heavy atom. The van der Waals surface area contributed by atoms with Crippen LogP contribution < -0.4 is 15.4 Å². The summed E-state index contributed by atoms with van der Waals surface area (Å²) in [7, 11) is 1.38. The highest BCUT2D eigenvalue weighted by Crippen LogP contribution is 2.31. The van der Waals surface area contributed by atoms with Crippen LogP contribution in [0.4, 0.5) is 11.6 Å². The number of methoxy groups -OCH3 is 1. The molecule has 2 N–H and O–H groups in total. The van der Waals surface area contributed by atoms with Gasteiger partial charge in [-0.1, -0.05) is 0 Å². The molecule has 1 aromatic heterocycles. The van der Waals surface area contributed by atoms with E-state index in [2.05, 4.69) is 44.6 Å². The lowest BCUT2D eigenvalue weighted by molar-refractivity contribution is -0.146. The number of esters is 1. The van der Waals surface area contributed by atoms with Crippen LogP contribution in [0.3, 0.4) is 0 Å². The number of rotatable bonds is 6. The van der Waals surface area contributed by atoms with Crippen molar-refractivity contribution in [3.05, 3.63) is 70.4 Å². The van der Waals surface area contributed by atoms with Crippen LogP contribution in [-0.4, -0.2) is 35.0 Å². The molecule has 0 bridgehead atoms. The number of carbonyl (C=O) groups excluding carboxylic acids is 2. The number of nitrogens with one attached hydrogen (secondary N) is 2. The van der Waals surface area contributed by atoms with E-state index in [0.717, 1.165) is 11.1 Å². The monoisotopic (exact) mass is 548 g/mol. The van der Waals surface area contributed by atoms with E-state index in [0.29, 0.717) is 53.8 Å². The zero-order chi connectivity index (χ0) is 29.4. The maximum atomic E-state index is 12.6. The molecule has 0 aliphatic heterocycles. The first-order valence-electron chi connectivity index (χ1n) is 13.0. The molecule has 2 aromatic carbocycles. The van der Waals surface area contributed by atoms with Crippen LogP contribution in [0.15, 0.2) is 42.6 Å². The van der Waals surface area contributed by atoms with Crippen LogP contribution >= 0.6 is 0 Å². The highest BCUT2D eigenvalue weighted by molar-refractivity contribution is 5.94. The SMILES string of the molecule is COC(=O)C1CCC(NC(=O)C#Cc2cnc(Nc3ccc(C#N)cc3)nc2Oc2c(C)cc(C#N)cc2C)CC1. The molecular formula is C31H28N6O4. The zero-order valence-corrected chi connectivity index (χ0v) is 22.9. The maximum absolute atomic E-state index is 12.6. The van der Waals surface area contributed by atoms with Gasteiger partial charge in [-0.15, -0.1) is 0 Å². The minimum atomic E-state index is -0.456. The molecule has 0 saturated heterocycles. The van der Waals surface area contributed by atoms with E-state index in [-0.39, 0.29) is 29.8 Å². The largest absolute Gasteiger partial charge is 0.469 e. The zero-order valence-electron chi connectivity index (χ0n) is 22.9. The Morgan fingerprint density at radius 2 is 1.63 bits per heavy atom. The third-order valence-electron chi connectivity index (χ3n) is 6.72. The van der Waals surface area contributed by atoms with Gasteiger partial charge in [-0.3, -0.25) is 9.59 Å². The number of carbonyl (C=O) groups is 2. The number of amides is 1. The van der Waals surface area contributed by atoms with Gasteiger partial charge in [-0.2, -0.15) is 15.5 Å². The number of ether oxygens (including phenoxy) is 2. The molecule has 1 amide bonds. The van der Waals surface area contributed by atoms with Gasteiger partial charge < -0.3 is 20.1 Å². The first kappa shape index (κ1) is 28.6. The van der Waals surface area contributed by atoms with Gasteiger partial charge in [0.2, 0.25) is 11.8 Å². The number of anilines is 2. The molecule has 3 aromatic rings. The summed E-state index contributed by atoms with van der Waals surface area (Å²) in [6.07, 6.45) is 4.08. The third-order valence-corrected chi connectivity index (χ3v) is 6.72. The van der Waals surface area contributed by atoms with E-state index in [1.807, 2.05) is 13.8 Å². The van der Waals surface area contributed by atoms with Gasteiger partial charge in [-0.05, 0) is 93.0 Å². The number of nitrogens with zero attached hydrogens (tertiary/aromatic N) is 4. The van der Waals surface area contributed by atoms with Crippen molar-refractivity contribution >= 4 is 23.5 Å². The smallest absolute Gasteiger partial charge is 0.308 e. The minimum Gasteiger partial charge on any atom is -0.469 e. The molecule has 1 heterocycles. The molecule has 10 nitrogen and oxygen atoms in total. The lowest BCUT2D eigenvalue weighted by Gasteiger charge is -2.26. The average Bonchev–Trinajstić information content (AvgIpc) is 2.98. The Bertz CT molecular complexity index is 1580. The van der Waals surface area contributed by atoms with Crippen molar-refractivity contribution in [2.24, 2.45) is 5.92 Å². The fourth-order valence-corrected chi connectivity index (χ4v) is 4.61. The van der Waals surface area contributed by atoms with Gasteiger partial charge in [0.05, 0.1) is 42.5 Å². The summed E-state index contributed by atoms with van der Waals surface area (Å²) in [5, 5.41) is 24.3. The number of aromatic nitrogens is 2. The van der Waals surface area contributed by atoms with Gasteiger partial charge in [-0.25, -0.2) is 4.98 Å². The average molecular weight is 549 g/mol. The van der Waals surface area contributed by atoms with Gasteiger partial charge in [0.1, 0.15) is 11.3 Å². The summed E-state index contributed by atoms with van der Waals surface area (Å²) < 4.78 is 11.0. The predicted octanol–water partition coefficient (Wildman–Crippen LogP) is 4.57. The summed E-state index contributed by atoms with van der Waals surface area (Å²) in [5.41, 5.74) is 3.47. The first-order chi connectivity index (χ1) is 19.8. The summed E-state index contributed by atoms with van der Waals surface area (Å²) in [4.78, 5) is 33.2. The first-order valence-corrected chi connectivity index (χ1v) is 13.0. The summed E-state index contributed by atoms with van der Waals surface area (Å²) >= 11 is 0. The molecule has 41 heavy (non-hydrogen) atoms. The van der Waals surface area contributed by atoms with Gasteiger partial charge >= 0.3 is 5.97 Å². The molecule has 0 spiro atoms. The lowest BCUT2D eigenvalue weighted by Crippen LogP contribution is -2.38. The molecule has 0 unspecified atom stereocenters. The molecule has 4 rings (SSSR count). The summed E-state index contributed by atoms with van der Waals surface area (Å²) in [6.45, 7) is 3.65. The molecule has 0 atom stereocenters. The topological polar surface area (TPSA) is 150 Å². The predicted molar refractivity (Wildman–Crippen MR) is 150 cm³/mol. The molecular weight excluding hydrogens is 520 g/mol. The van der Waals surface area contributed by atoms with Crippen molar-refractivity contribution in [1.29, 1.82) is 10.5 Å². The van der Waals surface area contributed by atoms with E-state index in [1.54, 1.807) is 36.4 Å². The molecule has 1 aliphatic carbocycles. The van der Waals surface area contributed by atoms with Crippen molar-refractivity contribution in [1.82, 2.24) is 15.3 Å². The van der Waals surface area contributed by atoms with Crippen molar-refractivity contribution in [2.75, 3.05) is 12.4 Å². The standard InChI is InChI=1S/C31H28N6O4/c1-19-14-22(17-33)15-20(2)28(19)41-29-24(18-34-31(37-29)36-26-9-4-21(16-32)5-10-26)8-13-27(38)35-25-11-6-23(7-12-25)30(39)40-3/h4-5,9-10,14-15,18,23,25H,6-7,11-12H2,1-3H3,(H,35,38)(H,34,36,37). The van der Waals surface area contributed by atoms with E-state index < -0.39 is 5.91 Å². The van der Waals surface area contributed by atoms with Gasteiger partial charge in [0.15, 0.2) is 0 Å². The highest BCUT2D eigenvalue weighted by atomic mass is 16.5.